The van der Waals surface area contributed by atoms with E-state index < -0.39 is 9.84 Å². The van der Waals surface area contributed by atoms with E-state index in [1.807, 2.05) is 0 Å². The monoisotopic (exact) mass is 288 g/mol. The number of hydrogen-bond donors (Lipinski definition) is 1. The lowest BCUT2D eigenvalue weighted by atomic mass is 9.89. The van der Waals surface area contributed by atoms with E-state index >= 15 is 0 Å². The Kier molecular flexibility index (Phi) is 4.50. The molecule has 2 rings (SSSR count). The van der Waals surface area contributed by atoms with Gasteiger partial charge in [0.2, 0.25) is 0 Å². The molecule has 0 aromatic rings. The lowest BCUT2D eigenvalue weighted by Gasteiger charge is -2.41. The van der Waals surface area contributed by atoms with Gasteiger partial charge in [0.1, 0.15) is 9.84 Å². The fourth-order valence-corrected chi connectivity index (χ4v) is 4.54. The summed E-state index contributed by atoms with van der Waals surface area (Å²) in [5, 5.41) is 12.1. The van der Waals surface area contributed by atoms with E-state index in [2.05, 4.69) is 17.0 Å². The van der Waals surface area contributed by atoms with Crippen molar-refractivity contribution < 1.29 is 13.6 Å². The van der Waals surface area contributed by atoms with Gasteiger partial charge in [0.15, 0.2) is 0 Å². The van der Waals surface area contributed by atoms with Crippen LogP contribution in [0.15, 0.2) is 5.16 Å². The molecule has 2 aliphatic rings. The van der Waals surface area contributed by atoms with Gasteiger partial charge in [-0.2, -0.15) is 0 Å². The summed E-state index contributed by atoms with van der Waals surface area (Å²) in [5.41, 5.74) is 0.867. The number of rotatable bonds is 2. The normalized spacial score (nSPS) is 36.5. The molecule has 1 aliphatic heterocycles. The smallest absolute Gasteiger partial charge is 0.150 e. The average molecular weight is 288 g/mol. The second kappa shape index (κ2) is 5.79. The van der Waals surface area contributed by atoms with Gasteiger partial charge in [-0.05, 0) is 19.3 Å². The van der Waals surface area contributed by atoms with Crippen LogP contribution in [0.4, 0.5) is 0 Å². The molecule has 3 unspecified atom stereocenters. The summed E-state index contributed by atoms with van der Waals surface area (Å²) >= 11 is 0. The Morgan fingerprint density at radius 1 is 1.37 bits per heavy atom. The molecule has 0 aromatic carbocycles. The predicted octanol–water partition coefficient (Wildman–Crippen LogP) is 1.51. The minimum Gasteiger partial charge on any atom is -0.411 e. The molecule has 1 N–H and O–H groups in total. The highest BCUT2D eigenvalue weighted by molar-refractivity contribution is 7.91. The second-order valence-corrected chi connectivity index (χ2v) is 8.34. The van der Waals surface area contributed by atoms with Crippen LogP contribution in [0.5, 0.6) is 0 Å². The third-order valence-electron chi connectivity index (χ3n) is 4.58. The first-order valence-electron chi connectivity index (χ1n) is 7.05. The molecular weight excluding hydrogens is 264 g/mol. The average Bonchev–Trinajstić information content (AvgIpc) is 2.38. The van der Waals surface area contributed by atoms with Gasteiger partial charge in [0.25, 0.3) is 0 Å². The molecule has 0 amide bonds. The first kappa shape index (κ1) is 14.8. The fraction of sp³-hybridized carbons (Fsp3) is 0.923. The molecule has 110 valence electrons. The minimum absolute atomic E-state index is 0.172. The maximum absolute atomic E-state index is 11.7. The maximum Gasteiger partial charge on any atom is 0.150 e. The molecule has 1 aliphatic carbocycles. The topological polar surface area (TPSA) is 70.0 Å². The highest BCUT2D eigenvalue weighted by Crippen LogP contribution is 2.29. The van der Waals surface area contributed by atoms with Gasteiger partial charge in [0, 0.05) is 37.7 Å². The first-order valence-corrected chi connectivity index (χ1v) is 9.01. The molecule has 0 radical (unpaired) electrons. The number of hydrogen-bond acceptors (Lipinski definition) is 5. The number of piperidine rings is 1. The number of oxime groups is 1. The standard InChI is InChI=1S/C13H24N2O3S/c1-10-9-15(7-6-13(10)14-16)11-4-3-5-12(8-11)19(2,17)18/h10-12,16H,3-9H2,1-2H3. The molecule has 1 heterocycles. The predicted molar refractivity (Wildman–Crippen MR) is 75.5 cm³/mol. The Bertz CT molecular complexity index is 447. The minimum atomic E-state index is -2.92. The number of likely N-dealkylation sites (tertiary alicyclic amines) is 1. The van der Waals surface area contributed by atoms with Crippen molar-refractivity contribution in [3.05, 3.63) is 0 Å². The summed E-state index contributed by atoms with van der Waals surface area (Å²) in [7, 11) is -2.92. The lowest BCUT2D eigenvalue weighted by molar-refractivity contribution is 0.139. The highest BCUT2D eigenvalue weighted by Gasteiger charge is 2.34. The van der Waals surface area contributed by atoms with E-state index in [0.29, 0.717) is 6.04 Å². The Balaban J connectivity index is 1.99. The summed E-state index contributed by atoms with van der Waals surface area (Å²) < 4.78 is 23.4. The Morgan fingerprint density at radius 2 is 2.11 bits per heavy atom. The van der Waals surface area contributed by atoms with E-state index in [-0.39, 0.29) is 11.2 Å². The van der Waals surface area contributed by atoms with Crippen LogP contribution in [0.3, 0.4) is 0 Å². The van der Waals surface area contributed by atoms with Gasteiger partial charge in [-0.25, -0.2) is 8.42 Å². The number of sulfone groups is 1. The van der Waals surface area contributed by atoms with E-state index in [1.54, 1.807) is 0 Å². The largest absolute Gasteiger partial charge is 0.411 e. The summed E-state index contributed by atoms with van der Waals surface area (Å²) in [4.78, 5) is 2.39. The Morgan fingerprint density at radius 3 is 2.68 bits per heavy atom. The molecule has 6 heteroatoms. The van der Waals surface area contributed by atoms with Crippen molar-refractivity contribution in [3.63, 3.8) is 0 Å². The van der Waals surface area contributed by atoms with Crippen LogP contribution in [0.25, 0.3) is 0 Å². The summed E-state index contributed by atoms with van der Waals surface area (Å²) in [5.74, 6) is 0.261. The zero-order chi connectivity index (χ0) is 14.0. The molecule has 19 heavy (non-hydrogen) atoms. The molecule has 1 saturated heterocycles. The molecule has 0 aromatic heterocycles. The first-order chi connectivity index (χ1) is 8.91. The van der Waals surface area contributed by atoms with E-state index in [4.69, 9.17) is 5.21 Å². The molecule has 5 nitrogen and oxygen atoms in total. The van der Waals surface area contributed by atoms with Crippen LogP contribution in [0, 0.1) is 5.92 Å². The summed E-state index contributed by atoms with van der Waals surface area (Å²) in [6.07, 6.45) is 5.80. The van der Waals surface area contributed by atoms with Crippen LogP contribution in [0.2, 0.25) is 0 Å². The molecule has 3 atom stereocenters. The van der Waals surface area contributed by atoms with E-state index in [9.17, 15) is 8.42 Å². The van der Waals surface area contributed by atoms with Crippen LogP contribution < -0.4 is 0 Å². The van der Waals surface area contributed by atoms with Gasteiger partial charge in [-0.1, -0.05) is 18.5 Å². The highest BCUT2D eigenvalue weighted by atomic mass is 32.2. The van der Waals surface area contributed by atoms with E-state index in [0.717, 1.165) is 50.9 Å². The third-order valence-corrected chi connectivity index (χ3v) is 6.22. The molecule has 2 fully saturated rings. The maximum atomic E-state index is 11.7. The zero-order valence-corrected chi connectivity index (χ0v) is 12.6. The SMILES string of the molecule is CC1CN(C2CCCC(S(C)(=O)=O)C2)CCC1=NO. The summed E-state index contributed by atoms with van der Waals surface area (Å²) in [6.45, 7) is 3.82. The van der Waals surface area contributed by atoms with E-state index in [1.165, 1.54) is 6.26 Å². The van der Waals surface area contributed by atoms with Crippen LogP contribution >= 0.6 is 0 Å². The molecule has 1 saturated carbocycles. The van der Waals surface area contributed by atoms with Crippen LogP contribution in [-0.2, 0) is 9.84 Å². The van der Waals surface area contributed by atoms with Gasteiger partial charge in [0.05, 0.1) is 11.0 Å². The molecule has 0 bridgehead atoms. The van der Waals surface area contributed by atoms with Crippen molar-refractivity contribution in [1.29, 1.82) is 0 Å². The fourth-order valence-electron chi connectivity index (χ4n) is 3.37. The van der Waals surface area contributed by atoms with Crippen molar-refractivity contribution >= 4 is 15.5 Å². The van der Waals surface area contributed by atoms with Gasteiger partial charge >= 0.3 is 0 Å². The second-order valence-electron chi connectivity index (χ2n) is 6.01. The van der Waals surface area contributed by atoms with Crippen molar-refractivity contribution in [1.82, 2.24) is 4.90 Å². The van der Waals surface area contributed by atoms with Gasteiger partial charge < -0.3 is 5.21 Å². The summed E-state index contributed by atoms with van der Waals surface area (Å²) in [6, 6.07) is 0.371. The van der Waals surface area contributed by atoms with Crippen molar-refractivity contribution in [2.75, 3.05) is 19.3 Å². The number of nitrogens with zero attached hydrogens (tertiary/aromatic N) is 2. The van der Waals surface area contributed by atoms with Crippen molar-refractivity contribution in [2.45, 2.75) is 50.3 Å². The molecular formula is C13H24N2O3S. The quantitative estimate of drug-likeness (QED) is 0.618. The third kappa shape index (κ3) is 3.48. The van der Waals surface area contributed by atoms with Crippen molar-refractivity contribution in [3.8, 4) is 0 Å². The Hall–Kier alpha value is -0.620. The Labute approximate surface area is 115 Å². The zero-order valence-electron chi connectivity index (χ0n) is 11.7. The van der Waals surface area contributed by atoms with Crippen LogP contribution in [-0.4, -0.2) is 54.9 Å². The van der Waals surface area contributed by atoms with Crippen LogP contribution in [0.1, 0.15) is 39.0 Å². The van der Waals surface area contributed by atoms with Gasteiger partial charge in [-0.3, -0.25) is 4.90 Å². The molecule has 0 spiro atoms. The van der Waals surface area contributed by atoms with Gasteiger partial charge in [-0.15, -0.1) is 0 Å². The van der Waals surface area contributed by atoms with Crippen molar-refractivity contribution in [2.24, 2.45) is 11.1 Å². The lowest BCUT2D eigenvalue weighted by Crippen LogP contribution is -2.48.